The highest BCUT2D eigenvalue weighted by molar-refractivity contribution is 9.10. The van der Waals surface area contributed by atoms with Crippen LogP contribution in [0, 0.1) is 5.41 Å². The van der Waals surface area contributed by atoms with Crippen LogP contribution in [0.4, 0.5) is 0 Å². The third-order valence-electron chi connectivity index (χ3n) is 5.88. The van der Waals surface area contributed by atoms with Gasteiger partial charge in [-0.2, -0.15) is 0 Å². The topological polar surface area (TPSA) is 77.8 Å². The number of carbonyl (C=O) groups is 2. The maximum Gasteiger partial charge on any atom is 0.336 e. The van der Waals surface area contributed by atoms with E-state index < -0.39 is 11.9 Å². The molecule has 2 heterocycles. The second-order valence-corrected chi connectivity index (χ2v) is 10.1. The molecular weight excluding hydrogens is 486 g/mol. The van der Waals surface area contributed by atoms with Gasteiger partial charge in [-0.25, -0.2) is 4.79 Å². The zero-order valence-corrected chi connectivity index (χ0v) is 20.9. The van der Waals surface area contributed by atoms with Crippen molar-refractivity contribution in [2.75, 3.05) is 6.61 Å². The van der Waals surface area contributed by atoms with Gasteiger partial charge in [-0.3, -0.25) is 4.79 Å². The van der Waals surface area contributed by atoms with Crippen LogP contribution < -0.4 is 10.1 Å². The zero-order valence-electron chi connectivity index (χ0n) is 19.3. The van der Waals surface area contributed by atoms with Gasteiger partial charge < -0.3 is 19.2 Å². The summed E-state index contributed by atoms with van der Waals surface area (Å²) in [6.45, 7) is 8.24. The minimum Gasteiger partial charge on any atom is -0.486 e. The molecule has 0 radical (unpaired) electrons. The van der Waals surface area contributed by atoms with Crippen molar-refractivity contribution < 1.29 is 23.5 Å². The van der Waals surface area contributed by atoms with E-state index in [1.165, 1.54) is 0 Å². The first-order chi connectivity index (χ1) is 15.7. The van der Waals surface area contributed by atoms with Crippen molar-refractivity contribution in [3.05, 3.63) is 74.9 Å². The molecule has 0 saturated heterocycles. The number of hydrogen-bond donors (Lipinski definition) is 1. The molecule has 7 heteroatoms. The van der Waals surface area contributed by atoms with E-state index in [2.05, 4.69) is 35.1 Å². The lowest BCUT2D eigenvalue weighted by atomic mass is 9.69. The normalized spacial score (nSPS) is 19.8. The first kappa shape index (κ1) is 23.4. The van der Waals surface area contributed by atoms with Crippen molar-refractivity contribution >= 4 is 27.7 Å². The van der Waals surface area contributed by atoms with E-state index >= 15 is 0 Å². The van der Waals surface area contributed by atoms with Gasteiger partial charge in [-0.15, -0.1) is 0 Å². The molecule has 0 bridgehead atoms. The first-order valence-corrected chi connectivity index (χ1v) is 11.9. The first-order valence-electron chi connectivity index (χ1n) is 11.1. The number of ether oxygens (including phenoxy) is 2. The van der Waals surface area contributed by atoms with Gasteiger partial charge in [0.15, 0.2) is 5.78 Å². The Hall–Kier alpha value is -2.80. The number of furan rings is 1. The Balaban J connectivity index is 1.68. The summed E-state index contributed by atoms with van der Waals surface area (Å²) in [5.41, 5.74) is 2.40. The highest BCUT2D eigenvalue weighted by atomic mass is 79.9. The summed E-state index contributed by atoms with van der Waals surface area (Å²) in [6, 6.07) is 11.2. The van der Waals surface area contributed by atoms with E-state index in [0.717, 1.165) is 16.6 Å². The lowest BCUT2D eigenvalue weighted by molar-refractivity contribution is -0.138. The fourth-order valence-electron chi connectivity index (χ4n) is 4.54. The number of benzene rings is 1. The molecule has 0 spiro atoms. The van der Waals surface area contributed by atoms with Crippen LogP contribution >= 0.6 is 15.9 Å². The molecule has 0 saturated carbocycles. The fraction of sp³-hybridized carbons (Fsp3) is 0.385. The predicted molar refractivity (Wildman–Crippen MR) is 127 cm³/mol. The van der Waals surface area contributed by atoms with Gasteiger partial charge in [0.2, 0.25) is 0 Å². The number of allylic oxidation sites excluding steroid dienone is 3. The summed E-state index contributed by atoms with van der Waals surface area (Å²) in [5.74, 6) is 0.823. The third kappa shape index (κ3) is 4.93. The molecule has 1 N–H and O–H groups in total. The van der Waals surface area contributed by atoms with Gasteiger partial charge in [0.1, 0.15) is 23.9 Å². The number of nitrogens with one attached hydrogen (secondary N) is 1. The molecule has 1 atom stereocenters. The van der Waals surface area contributed by atoms with Crippen molar-refractivity contribution in [1.82, 2.24) is 5.32 Å². The number of ketones is 1. The molecule has 0 amide bonds. The molecule has 1 aliphatic heterocycles. The van der Waals surface area contributed by atoms with Crippen LogP contribution in [0.3, 0.4) is 0 Å². The van der Waals surface area contributed by atoms with E-state index in [9.17, 15) is 9.59 Å². The maximum atomic E-state index is 13.3. The second-order valence-electron chi connectivity index (χ2n) is 9.20. The average molecular weight is 514 g/mol. The molecular formula is C26H28BrNO5. The van der Waals surface area contributed by atoms with E-state index in [4.69, 9.17) is 13.9 Å². The van der Waals surface area contributed by atoms with Crippen LogP contribution in [-0.2, 0) is 20.9 Å². The van der Waals surface area contributed by atoms with Crippen LogP contribution in [0.15, 0.2) is 67.8 Å². The highest BCUT2D eigenvalue weighted by Crippen LogP contribution is 2.47. The van der Waals surface area contributed by atoms with Crippen LogP contribution in [-0.4, -0.2) is 18.4 Å². The van der Waals surface area contributed by atoms with Gasteiger partial charge in [0, 0.05) is 27.9 Å². The standard InChI is InChI=1S/C26H28BrNO5/c1-5-31-25(30)22-15(2)28-19-12-26(3,4)13-20(29)23(19)24(22)21-10-9-18(33-21)14-32-17-8-6-7-16(27)11-17/h6-11,24,28H,5,12-14H2,1-4H3. The van der Waals surface area contributed by atoms with Crippen LogP contribution in [0.5, 0.6) is 5.75 Å². The largest absolute Gasteiger partial charge is 0.486 e. The molecule has 1 aliphatic carbocycles. The second kappa shape index (κ2) is 9.21. The van der Waals surface area contributed by atoms with E-state index in [-0.39, 0.29) is 24.4 Å². The average Bonchev–Trinajstić information content (AvgIpc) is 3.19. The van der Waals surface area contributed by atoms with E-state index in [1.54, 1.807) is 6.92 Å². The van der Waals surface area contributed by atoms with Gasteiger partial charge >= 0.3 is 5.97 Å². The van der Waals surface area contributed by atoms with Crippen molar-refractivity contribution in [3.8, 4) is 5.75 Å². The number of Topliss-reactive ketones (excluding diaryl/α,β-unsaturated/α-hetero) is 1. The summed E-state index contributed by atoms with van der Waals surface area (Å²) in [6.07, 6.45) is 1.14. The smallest absolute Gasteiger partial charge is 0.336 e. The van der Waals surface area contributed by atoms with Crippen molar-refractivity contribution in [3.63, 3.8) is 0 Å². The summed E-state index contributed by atoms with van der Waals surface area (Å²) in [5, 5.41) is 3.32. The Bertz CT molecular complexity index is 1160. The van der Waals surface area contributed by atoms with Crippen molar-refractivity contribution in [2.24, 2.45) is 5.41 Å². The molecule has 4 rings (SSSR count). The summed E-state index contributed by atoms with van der Waals surface area (Å²) in [7, 11) is 0. The minimum atomic E-state index is -0.608. The Morgan fingerprint density at radius 1 is 1.24 bits per heavy atom. The molecule has 2 aliphatic rings. The van der Waals surface area contributed by atoms with Gasteiger partial charge in [-0.1, -0.05) is 35.8 Å². The van der Waals surface area contributed by atoms with Crippen molar-refractivity contribution in [1.29, 1.82) is 0 Å². The van der Waals surface area contributed by atoms with Gasteiger partial charge in [0.05, 0.1) is 18.1 Å². The van der Waals surface area contributed by atoms with Crippen LogP contribution in [0.25, 0.3) is 0 Å². The molecule has 6 nitrogen and oxygen atoms in total. The van der Waals surface area contributed by atoms with Crippen molar-refractivity contribution in [2.45, 2.75) is 53.1 Å². The number of dihydropyridines is 1. The Morgan fingerprint density at radius 2 is 2.03 bits per heavy atom. The fourth-order valence-corrected chi connectivity index (χ4v) is 4.92. The SMILES string of the molecule is CCOC(=O)C1=C(C)NC2=C(C(=O)CC(C)(C)C2)C1c1ccc(COc2cccc(Br)c2)o1. The number of halogens is 1. The molecule has 2 aromatic rings. The molecule has 1 aromatic carbocycles. The van der Waals surface area contributed by atoms with Crippen LogP contribution in [0.2, 0.25) is 0 Å². The predicted octanol–water partition coefficient (Wildman–Crippen LogP) is 5.79. The number of esters is 1. The molecule has 33 heavy (non-hydrogen) atoms. The summed E-state index contributed by atoms with van der Waals surface area (Å²) in [4.78, 5) is 26.2. The lowest BCUT2D eigenvalue weighted by Crippen LogP contribution is -2.38. The number of carbonyl (C=O) groups excluding carboxylic acids is 2. The molecule has 1 aromatic heterocycles. The van der Waals surface area contributed by atoms with E-state index in [0.29, 0.717) is 40.5 Å². The van der Waals surface area contributed by atoms with E-state index in [1.807, 2.05) is 43.3 Å². The zero-order chi connectivity index (χ0) is 23.8. The Kier molecular flexibility index (Phi) is 6.52. The molecule has 1 unspecified atom stereocenters. The summed E-state index contributed by atoms with van der Waals surface area (Å²) < 4.78 is 18.2. The maximum absolute atomic E-state index is 13.3. The number of rotatable bonds is 6. The van der Waals surface area contributed by atoms with Gasteiger partial charge in [0.25, 0.3) is 0 Å². The number of hydrogen-bond acceptors (Lipinski definition) is 6. The lowest BCUT2D eigenvalue weighted by Gasteiger charge is -2.38. The minimum absolute atomic E-state index is 0.0244. The van der Waals surface area contributed by atoms with Crippen LogP contribution in [0.1, 0.15) is 58.0 Å². The molecule has 0 fully saturated rings. The Labute approximate surface area is 202 Å². The molecule has 174 valence electrons. The quantitative estimate of drug-likeness (QED) is 0.492. The Morgan fingerprint density at radius 3 is 2.76 bits per heavy atom. The summed E-state index contributed by atoms with van der Waals surface area (Å²) >= 11 is 3.43. The monoisotopic (exact) mass is 513 g/mol. The third-order valence-corrected chi connectivity index (χ3v) is 6.37. The highest BCUT2D eigenvalue weighted by Gasteiger charge is 2.44. The van der Waals surface area contributed by atoms with Gasteiger partial charge in [-0.05, 0) is 56.0 Å².